The maximum atomic E-state index is 12.0. The number of halogens is 2. The molecule has 3 rings (SSSR count). The van der Waals surface area contributed by atoms with Crippen molar-refractivity contribution in [1.82, 2.24) is 16.0 Å². The van der Waals surface area contributed by atoms with Crippen molar-refractivity contribution >= 4 is 53.4 Å². The molecule has 1 fully saturated rings. The number of hydrogen-bond donors (Lipinski definition) is 4. The molecule has 0 unspecified atom stereocenters. The van der Waals surface area contributed by atoms with Gasteiger partial charge in [-0.15, -0.1) is 24.0 Å². The van der Waals surface area contributed by atoms with E-state index in [2.05, 4.69) is 27.0 Å². The first-order valence-electron chi connectivity index (χ1n) is 10.4. The molecule has 7 nitrogen and oxygen atoms in total. The number of hydrogen-bond acceptors (Lipinski definition) is 3. The Morgan fingerprint density at radius 1 is 1.09 bits per heavy atom. The molecule has 2 amide bonds. The summed E-state index contributed by atoms with van der Waals surface area (Å²) >= 11 is 6.17. The zero-order valence-electron chi connectivity index (χ0n) is 18.0. The average Bonchev–Trinajstić information content (AvgIpc) is 3.55. The minimum absolute atomic E-state index is 0. The molecule has 5 N–H and O–H groups in total. The standard InChI is InChI=1S/C23H28ClN5O2.HI/c1-2-26-22(29-15-23(10-11-23)18-4-3-5-19(24)12-18)28-13-16-6-8-17(9-7-16)21(31)27-14-20(25)30;/h3-9,12H,2,10-11,13-15H2,1H3,(H2,25,30)(H,27,31)(H2,26,28,29);1H. The number of nitrogens with zero attached hydrogens (tertiary/aromatic N) is 1. The number of carbonyl (C=O) groups excluding carboxylic acids is 2. The summed E-state index contributed by atoms with van der Waals surface area (Å²) in [5.74, 6) is -0.162. The van der Waals surface area contributed by atoms with Crippen molar-refractivity contribution in [3.63, 3.8) is 0 Å². The number of nitrogens with two attached hydrogens (primary N) is 1. The van der Waals surface area contributed by atoms with Gasteiger partial charge in [0, 0.05) is 29.1 Å². The topological polar surface area (TPSA) is 109 Å². The van der Waals surface area contributed by atoms with Crippen LogP contribution in [0.2, 0.25) is 5.02 Å². The van der Waals surface area contributed by atoms with Gasteiger partial charge in [0.05, 0.1) is 13.1 Å². The Labute approximate surface area is 210 Å². The van der Waals surface area contributed by atoms with E-state index in [1.807, 2.05) is 37.3 Å². The van der Waals surface area contributed by atoms with Crippen molar-refractivity contribution < 1.29 is 9.59 Å². The molecule has 1 saturated carbocycles. The van der Waals surface area contributed by atoms with Gasteiger partial charge in [0.1, 0.15) is 0 Å². The van der Waals surface area contributed by atoms with Crippen LogP contribution in [0.3, 0.4) is 0 Å². The van der Waals surface area contributed by atoms with E-state index in [0.29, 0.717) is 12.1 Å². The van der Waals surface area contributed by atoms with Crippen molar-refractivity contribution in [3.8, 4) is 0 Å². The molecule has 0 saturated heterocycles. The molecular formula is C23H29ClIN5O2. The summed E-state index contributed by atoms with van der Waals surface area (Å²) in [4.78, 5) is 27.4. The first-order valence-corrected chi connectivity index (χ1v) is 10.7. The number of aliphatic imine (C=N–C) groups is 1. The van der Waals surface area contributed by atoms with Crippen molar-refractivity contribution in [3.05, 3.63) is 70.2 Å². The fourth-order valence-electron chi connectivity index (χ4n) is 3.33. The van der Waals surface area contributed by atoms with Crippen LogP contribution < -0.4 is 21.7 Å². The summed E-state index contributed by atoms with van der Waals surface area (Å²) in [5, 5.41) is 9.96. The van der Waals surface area contributed by atoms with Gasteiger partial charge in [-0.3, -0.25) is 9.59 Å². The van der Waals surface area contributed by atoms with E-state index in [4.69, 9.17) is 17.3 Å². The van der Waals surface area contributed by atoms with Gasteiger partial charge in [-0.05, 0) is 55.2 Å². The van der Waals surface area contributed by atoms with Gasteiger partial charge in [-0.25, -0.2) is 4.99 Å². The lowest BCUT2D eigenvalue weighted by molar-refractivity contribution is -0.117. The van der Waals surface area contributed by atoms with E-state index in [1.54, 1.807) is 12.1 Å². The third-order valence-corrected chi connectivity index (χ3v) is 5.52. The highest BCUT2D eigenvalue weighted by Crippen LogP contribution is 2.48. The van der Waals surface area contributed by atoms with E-state index < -0.39 is 5.91 Å². The van der Waals surface area contributed by atoms with Gasteiger partial charge in [0.2, 0.25) is 5.91 Å². The second kappa shape index (κ2) is 12.1. The minimum atomic E-state index is -0.578. The maximum Gasteiger partial charge on any atom is 0.251 e. The second-order valence-electron chi connectivity index (χ2n) is 7.69. The van der Waals surface area contributed by atoms with Crippen LogP contribution in [0.5, 0.6) is 0 Å². The summed E-state index contributed by atoms with van der Waals surface area (Å²) < 4.78 is 0. The predicted octanol–water partition coefficient (Wildman–Crippen LogP) is 2.96. The Balaban J connectivity index is 0.00000363. The molecule has 0 spiro atoms. The van der Waals surface area contributed by atoms with Crippen LogP contribution in [0.4, 0.5) is 0 Å². The predicted molar refractivity (Wildman–Crippen MR) is 139 cm³/mol. The normalized spacial score (nSPS) is 14.1. The fourth-order valence-corrected chi connectivity index (χ4v) is 3.52. The van der Waals surface area contributed by atoms with E-state index in [0.717, 1.165) is 42.5 Å². The van der Waals surface area contributed by atoms with Crippen molar-refractivity contribution in [2.24, 2.45) is 10.7 Å². The van der Waals surface area contributed by atoms with E-state index in [9.17, 15) is 9.59 Å². The average molecular weight is 570 g/mol. The maximum absolute atomic E-state index is 12.0. The highest BCUT2D eigenvalue weighted by molar-refractivity contribution is 14.0. The molecule has 0 aliphatic heterocycles. The molecule has 1 aliphatic carbocycles. The largest absolute Gasteiger partial charge is 0.368 e. The summed E-state index contributed by atoms with van der Waals surface area (Å²) in [5.41, 5.74) is 7.85. The first kappa shape index (κ1) is 25.9. The van der Waals surface area contributed by atoms with Gasteiger partial charge in [-0.2, -0.15) is 0 Å². The SMILES string of the molecule is CCNC(=NCc1ccc(C(=O)NCC(N)=O)cc1)NCC1(c2cccc(Cl)c2)CC1.I. The van der Waals surface area contributed by atoms with Gasteiger partial charge >= 0.3 is 0 Å². The van der Waals surface area contributed by atoms with Crippen LogP contribution in [0.15, 0.2) is 53.5 Å². The molecule has 0 atom stereocenters. The summed E-state index contributed by atoms with van der Waals surface area (Å²) in [7, 11) is 0. The van der Waals surface area contributed by atoms with Gasteiger partial charge < -0.3 is 21.7 Å². The number of amides is 2. The lowest BCUT2D eigenvalue weighted by Crippen LogP contribution is -2.41. The van der Waals surface area contributed by atoms with E-state index in [-0.39, 0.29) is 41.8 Å². The smallest absolute Gasteiger partial charge is 0.251 e. The summed E-state index contributed by atoms with van der Waals surface area (Å²) in [6.07, 6.45) is 2.25. The van der Waals surface area contributed by atoms with Crippen molar-refractivity contribution in [1.29, 1.82) is 0 Å². The highest BCUT2D eigenvalue weighted by Gasteiger charge is 2.44. The van der Waals surface area contributed by atoms with Crippen LogP contribution >= 0.6 is 35.6 Å². The minimum Gasteiger partial charge on any atom is -0.368 e. The third-order valence-electron chi connectivity index (χ3n) is 5.29. The number of nitrogens with one attached hydrogen (secondary N) is 3. The zero-order valence-corrected chi connectivity index (χ0v) is 21.1. The third kappa shape index (κ3) is 7.37. The van der Waals surface area contributed by atoms with Crippen molar-refractivity contribution in [2.75, 3.05) is 19.6 Å². The fraction of sp³-hybridized carbons (Fsp3) is 0.348. The second-order valence-corrected chi connectivity index (χ2v) is 8.12. The van der Waals surface area contributed by atoms with Crippen LogP contribution in [-0.4, -0.2) is 37.4 Å². The molecule has 9 heteroatoms. The molecule has 0 heterocycles. The molecule has 0 aromatic heterocycles. The molecule has 0 radical (unpaired) electrons. The number of carbonyl (C=O) groups is 2. The van der Waals surface area contributed by atoms with Gasteiger partial charge in [0.25, 0.3) is 5.91 Å². The highest BCUT2D eigenvalue weighted by atomic mass is 127. The zero-order chi connectivity index (χ0) is 22.3. The Morgan fingerprint density at radius 2 is 1.81 bits per heavy atom. The van der Waals surface area contributed by atoms with Crippen LogP contribution in [0.25, 0.3) is 0 Å². The first-order chi connectivity index (χ1) is 14.9. The van der Waals surface area contributed by atoms with Crippen LogP contribution in [0, 0.1) is 0 Å². The molecule has 32 heavy (non-hydrogen) atoms. The Kier molecular flexibility index (Phi) is 9.77. The quantitative estimate of drug-likeness (QED) is 0.212. The summed E-state index contributed by atoms with van der Waals surface area (Å²) in [6, 6.07) is 15.2. The lowest BCUT2D eigenvalue weighted by atomic mass is 9.96. The molecule has 1 aliphatic rings. The van der Waals surface area contributed by atoms with E-state index >= 15 is 0 Å². The summed E-state index contributed by atoms with van der Waals surface area (Å²) in [6.45, 7) is 3.87. The molecule has 2 aromatic rings. The molecular weight excluding hydrogens is 541 g/mol. The van der Waals surface area contributed by atoms with E-state index in [1.165, 1.54) is 5.56 Å². The number of rotatable bonds is 9. The Bertz CT molecular complexity index is 961. The Morgan fingerprint density at radius 3 is 2.41 bits per heavy atom. The number of guanidine groups is 1. The van der Waals surface area contributed by atoms with Crippen molar-refractivity contribution in [2.45, 2.75) is 31.7 Å². The van der Waals surface area contributed by atoms with Crippen LogP contribution in [-0.2, 0) is 16.8 Å². The molecule has 0 bridgehead atoms. The Hall–Kier alpha value is -2.33. The molecule has 172 valence electrons. The van der Waals surface area contributed by atoms with Gasteiger partial charge in [-0.1, -0.05) is 35.9 Å². The van der Waals surface area contributed by atoms with Gasteiger partial charge in [0.15, 0.2) is 5.96 Å². The van der Waals surface area contributed by atoms with Crippen LogP contribution in [0.1, 0.15) is 41.3 Å². The number of primary amides is 1. The number of benzene rings is 2. The monoisotopic (exact) mass is 569 g/mol. The lowest BCUT2D eigenvalue weighted by Gasteiger charge is -2.19. The molecule has 2 aromatic carbocycles.